The number of hydrogen-bond acceptors (Lipinski definition) is 3. The Bertz CT molecular complexity index is 611. The highest BCUT2D eigenvalue weighted by molar-refractivity contribution is 9.10. The first-order valence-corrected chi connectivity index (χ1v) is 8.21. The van der Waals surface area contributed by atoms with Crippen LogP contribution in [0.5, 0.6) is 0 Å². The third-order valence-electron chi connectivity index (χ3n) is 3.06. The predicted molar refractivity (Wildman–Crippen MR) is 75.2 cm³/mol. The summed E-state index contributed by atoms with van der Waals surface area (Å²) >= 11 is 3.12. The molecule has 0 radical (unpaired) electrons. The molecule has 7 heteroatoms. The lowest BCUT2D eigenvalue weighted by atomic mass is 10.2. The molecule has 0 atom stereocenters. The van der Waals surface area contributed by atoms with Crippen LogP contribution in [0.4, 0.5) is 0 Å². The molecule has 1 aromatic carbocycles. The topological polar surface area (TPSA) is 80.5 Å². The third-order valence-corrected chi connectivity index (χ3v) is 4.97. The van der Waals surface area contributed by atoms with Gasteiger partial charge in [-0.25, -0.2) is 13.6 Å². The van der Waals surface area contributed by atoms with E-state index < -0.39 is 10.0 Å². The van der Waals surface area contributed by atoms with E-state index in [1.165, 1.54) is 12.1 Å². The van der Waals surface area contributed by atoms with Gasteiger partial charge < -0.3 is 4.90 Å². The first kappa shape index (κ1) is 14.5. The minimum absolute atomic E-state index is 0.0711. The van der Waals surface area contributed by atoms with E-state index in [9.17, 15) is 13.2 Å². The van der Waals surface area contributed by atoms with Crippen molar-refractivity contribution in [3.63, 3.8) is 0 Å². The van der Waals surface area contributed by atoms with E-state index in [-0.39, 0.29) is 10.8 Å². The highest BCUT2D eigenvalue weighted by Crippen LogP contribution is 2.30. The van der Waals surface area contributed by atoms with Gasteiger partial charge in [0.1, 0.15) is 0 Å². The van der Waals surface area contributed by atoms with Crippen molar-refractivity contribution in [2.45, 2.75) is 17.7 Å². The monoisotopic (exact) mass is 346 g/mol. The second kappa shape index (κ2) is 5.22. The van der Waals surface area contributed by atoms with E-state index in [0.29, 0.717) is 22.5 Å². The Morgan fingerprint density at radius 3 is 2.63 bits per heavy atom. The summed E-state index contributed by atoms with van der Waals surface area (Å²) in [5.74, 6) is 0.395. The number of primary sulfonamides is 1. The molecule has 1 aliphatic rings. The van der Waals surface area contributed by atoms with E-state index in [1.807, 2.05) is 0 Å². The Hall–Kier alpha value is -0.920. The van der Waals surface area contributed by atoms with Crippen molar-refractivity contribution in [3.05, 3.63) is 28.2 Å². The van der Waals surface area contributed by atoms with Crippen molar-refractivity contribution in [1.82, 2.24) is 4.90 Å². The largest absolute Gasteiger partial charge is 0.341 e. The van der Waals surface area contributed by atoms with Crippen LogP contribution in [0.3, 0.4) is 0 Å². The van der Waals surface area contributed by atoms with Crippen LogP contribution in [0.25, 0.3) is 0 Å². The number of halogens is 1. The summed E-state index contributed by atoms with van der Waals surface area (Å²) < 4.78 is 23.2. The van der Waals surface area contributed by atoms with Crippen LogP contribution in [0.1, 0.15) is 23.2 Å². The fourth-order valence-corrected chi connectivity index (χ4v) is 3.40. The molecule has 0 heterocycles. The Morgan fingerprint density at radius 1 is 1.47 bits per heavy atom. The maximum absolute atomic E-state index is 12.2. The summed E-state index contributed by atoms with van der Waals surface area (Å²) in [4.78, 5) is 13.7. The molecule has 19 heavy (non-hydrogen) atoms. The molecule has 1 aromatic rings. The molecular weight excluding hydrogens is 332 g/mol. The molecule has 0 aliphatic heterocycles. The first-order valence-electron chi connectivity index (χ1n) is 5.87. The first-order chi connectivity index (χ1) is 8.79. The summed E-state index contributed by atoms with van der Waals surface area (Å²) in [5, 5.41) is 5.11. The van der Waals surface area contributed by atoms with E-state index in [1.54, 1.807) is 18.0 Å². The number of benzene rings is 1. The van der Waals surface area contributed by atoms with Gasteiger partial charge in [-0.1, -0.05) is 0 Å². The van der Waals surface area contributed by atoms with Crippen molar-refractivity contribution < 1.29 is 13.2 Å². The number of carbonyl (C=O) groups excluding carboxylic acids is 1. The van der Waals surface area contributed by atoms with Crippen molar-refractivity contribution in [1.29, 1.82) is 0 Å². The zero-order chi connectivity index (χ0) is 14.2. The molecule has 0 saturated heterocycles. The van der Waals surface area contributed by atoms with Crippen molar-refractivity contribution in [2.24, 2.45) is 11.1 Å². The van der Waals surface area contributed by atoms with E-state index >= 15 is 0 Å². The van der Waals surface area contributed by atoms with Crippen LogP contribution in [0.2, 0.25) is 0 Å². The summed E-state index contributed by atoms with van der Waals surface area (Å²) in [6.45, 7) is 0.708. The molecule has 104 valence electrons. The fraction of sp³-hybridized carbons (Fsp3) is 0.417. The SMILES string of the molecule is CN(CC1CC1)C(=O)c1ccc(Br)c(S(N)(=O)=O)c1. The van der Waals surface area contributed by atoms with Crippen LogP contribution >= 0.6 is 15.9 Å². The number of sulfonamides is 1. The van der Waals surface area contributed by atoms with Crippen molar-refractivity contribution in [3.8, 4) is 0 Å². The van der Waals surface area contributed by atoms with Crippen molar-refractivity contribution in [2.75, 3.05) is 13.6 Å². The normalized spacial score (nSPS) is 15.3. The maximum Gasteiger partial charge on any atom is 0.253 e. The lowest BCUT2D eigenvalue weighted by Gasteiger charge is -2.17. The summed E-state index contributed by atoms with van der Waals surface area (Å²) in [6.07, 6.45) is 2.31. The second-order valence-corrected chi connectivity index (χ2v) is 7.20. The number of hydrogen-bond donors (Lipinski definition) is 1. The molecule has 0 spiro atoms. The van der Waals surface area contributed by atoms with Crippen LogP contribution in [0.15, 0.2) is 27.6 Å². The van der Waals surface area contributed by atoms with Gasteiger partial charge >= 0.3 is 0 Å². The second-order valence-electron chi connectivity index (χ2n) is 4.82. The number of amides is 1. The van der Waals surface area contributed by atoms with Gasteiger partial charge in [-0.3, -0.25) is 4.79 Å². The van der Waals surface area contributed by atoms with Crippen LogP contribution in [0, 0.1) is 5.92 Å². The smallest absolute Gasteiger partial charge is 0.253 e. The molecule has 1 saturated carbocycles. The summed E-state index contributed by atoms with van der Waals surface area (Å²) in [7, 11) is -2.12. The van der Waals surface area contributed by atoms with E-state index in [0.717, 1.165) is 12.8 Å². The molecule has 1 aliphatic carbocycles. The van der Waals surface area contributed by atoms with Gasteiger partial charge in [-0.15, -0.1) is 0 Å². The van der Waals surface area contributed by atoms with Gasteiger partial charge in [0, 0.05) is 23.6 Å². The quantitative estimate of drug-likeness (QED) is 0.898. The van der Waals surface area contributed by atoms with Crippen LogP contribution in [-0.4, -0.2) is 32.8 Å². The standard InChI is InChI=1S/C12H15BrN2O3S/c1-15(7-8-2-3-8)12(16)9-4-5-10(13)11(6-9)19(14,17)18/h4-6,8H,2-3,7H2,1H3,(H2,14,17,18). The lowest BCUT2D eigenvalue weighted by Crippen LogP contribution is -2.29. The van der Waals surface area contributed by atoms with Gasteiger partial charge in [0.25, 0.3) is 5.91 Å². The van der Waals surface area contributed by atoms with Crippen LogP contribution in [-0.2, 0) is 10.0 Å². The zero-order valence-corrected chi connectivity index (χ0v) is 12.9. The Morgan fingerprint density at radius 2 is 2.11 bits per heavy atom. The molecule has 5 nitrogen and oxygen atoms in total. The number of nitrogens with zero attached hydrogens (tertiary/aromatic N) is 1. The van der Waals surface area contributed by atoms with Gasteiger partial charge in [0.2, 0.25) is 10.0 Å². The van der Waals surface area contributed by atoms with Crippen LogP contribution < -0.4 is 5.14 Å². The molecule has 0 bridgehead atoms. The minimum atomic E-state index is -3.84. The van der Waals surface area contributed by atoms with E-state index in [4.69, 9.17) is 5.14 Å². The molecular formula is C12H15BrN2O3S. The number of carbonyl (C=O) groups is 1. The number of nitrogens with two attached hydrogens (primary N) is 1. The summed E-state index contributed by atoms with van der Waals surface area (Å²) in [6, 6.07) is 4.42. The molecule has 1 amide bonds. The molecule has 2 N–H and O–H groups in total. The fourth-order valence-electron chi connectivity index (χ4n) is 1.85. The van der Waals surface area contributed by atoms with Gasteiger partial charge in [0.15, 0.2) is 0 Å². The minimum Gasteiger partial charge on any atom is -0.341 e. The van der Waals surface area contributed by atoms with Gasteiger partial charge in [0.05, 0.1) is 4.90 Å². The highest BCUT2D eigenvalue weighted by atomic mass is 79.9. The maximum atomic E-state index is 12.2. The molecule has 0 unspecified atom stereocenters. The number of rotatable bonds is 4. The average Bonchev–Trinajstić information content (AvgIpc) is 3.11. The zero-order valence-electron chi connectivity index (χ0n) is 10.5. The average molecular weight is 347 g/mol. The highest BCUT2D eigenvalue weighted by Gasteiger charge is 2.26. The predicted octanol–water partition coefficient (Wildman–Crippen LogP) is 1.58. The lowest BCUT2D eigenvalue weighted by molar-refractivity contribution is 0.0788. The third kappa shape index (κ3) is 3.55. The summed E-state index contributed by atoms with van der Waals surface area (Å²) in [5.41, 5.74) is 0.329. The molecule has 1 fully saturated rings. The Balaban J connectivity index is 2.27. The van der Waals surface area contributed by atoms with E-state index in [2.05, 4.69) is 15.9 Å². The Kier molecular flexibility index (Phi) is 3.98. The Labute approximate surface area is 121 Å². The molecule has 0 aromatic heterocycles. The van der Waals surface area contributed by atoms with Gasteiger partial charge in [-0.05, 0) is 52.9 Å². The molecule has 2 rings (SSSR count). The van der Waals surface area contributed by atoms with Gasteiger partial charge in [-0.2, -0.15) is 0 Å². The van der Waals surface area contributed by atoms with Crippen molar-refractivity contribution >= 4 is 31.9 Å².